The number of amides is 1. The molecule has 1 aliphatic rings. The van der Waals surface area contributed by atoms with Gasteiger partial charge in [-0.15, -0.1) is 0 Å². The van der Waals surface area contributed by atoms with Crippen LogP contribution in [0.15, 0.2) is 18.3 Å². The Labute approximate surface area is 118 Å². The number of rotatable bonds is 4. The van der Waals surface area contributed by atoms with Crippen LogP contribution in [0.5, 0.6) is 0 Å². The van der Waals surface area contributed by atoms with Crippen LogP contribution >= 0.6 is 0 Å². The first-order valence-electron chi connectivity index (χ1n) is 6.89. The molecule has 0 aliphatic carbocycles. The van der Waals surface area contributed by atoms with Gasteiger partial charge in [0.05, 0.1) is 25.4 Å². The fraction of sp³-hybridized carbons (Fsp3) is 0.571. The highest BCUT2D eigenvalue weighted by Gasteiger charge is 2.29. The molecule has 1 amide bonds. The van der Waals surface area contributed by atoms with Crippen LogP contribution in [-0.2, 0) is 4.74 Å². The molecule has 1 aromatic heterocycles. The molecule has 6 heteroatoms. The van der Waals surface area contributed by atoms with Crippen LogP contribution in [0.25, 0.3) is 0 Å². The van der Waals surface area contributed by atoms with Crippen molar-refractivity contribution in [2.45, 2.75) is 26.0 Å². The number of nitrogens with one attached hydrogen (secondary N) is 1. The third kappa shape index (κ3) is 3.26. The maximum absolute atomic E-state index is 12.6. The second-order valence-corrected chi connectivity index (χ2v) is 4.90. The van der Waals surface area contributed by atoms with E-state index in [0.717, 1.165) is 6.54 Å². The van der Waals surface area contributed by atoms with Crippen LogP contribution in [0.4, 0.5) is 5.82 Å². The van der Waals surface area contributed by atoms with E-state index >= 15 is 0 Å². The number of aromatic nitrogens is 1. The van der Waals surface area contributed by atoms with Crippen molar-refractivity contribution < 1.29 is 14.6 Å². The van der Waals surface area contributed by atoms with Gasteiger partial charge in [-0.25, -0.2) is 4.98 Å². The number of aliphatic hydroxyl groups excluding tert-OH is 1. The molecule has 1 fully saturated rings. The molecular formula is C14H21N3O3. The van der Waals surface area contributed by atoms with Gasteiger partial charge in [0.2, 0.25) is 0 Å². The molecule has 2 atom stereocenters. The van der Waals surface area contributed by atoms with Crippen molar-refractivity contribution in [3.8, 4) is 0 Å². The normalized spacial score (nSPS) is 22.6. The quantitative estimate of drug-likeness (QED) is 0.850. The summed E-state index contributed by atoms with van der Waals surface area (Å²) in [6, 6.07) is 3.46. The van der Waals surface area contributed by atoms with Crippen LogP contribution in [0.1, 0.15) is 24.2 Å². The molecule has 0 radical (unpaired) electrons. The predicted molar refractivity (Wildman–Crippen MR) is 75.7 cm³/mol. The Morgan fingerprint density at radius 1 is 1.65 bits per heavy atom. The van der Waals surface area contributed by atoms with Crippen LogP contribution in [-0.4, -0.2) is 59.3 Å². The van der Waals surface area contributed by atoms with Crippen molar-refractivity contribution in [1.29, 1.82) is 0 Å². The minimum Gasteiger partial charge on any atom is -0.394 e. The van der Waals surface area contributed by atoms with Crippen LogP contribution < -0.4 is 5.32 Å². The minimum atomic E-state index is -0.301. The van der Waals surface area contributed by atoms with Crippen LogP contribution in [0.2, 0.25) is 0 Å². The first-order valence-corrected chi connectivity index (χ1v) is 6.89. The number of carbonyl (C=O) groups excluding carboxylic acids is 1. The Bertz CT molecular complexity index is 467. The van der Waals surface area contributed by atoms with Crippen molar-refractivity contribution in [1.82, 2.24) is 9.88 Å². The van der Waals surface area contributed by atoms with E-state index in [4.69, 9.17) is 4.74 Å². The lowest BCUT2D eigenvalue weighted by Gasteiger charge is -2.37. The minimum absolute atomic E-state index is 0.000972. The molecule has 110 valence electrons. The summed E-state index contributed by atoms with van der Waals surface area (Å²) in [6.45, 7) is 5.46. The average Bonchev–Trinajstić information content (AvgIpc) is 2.48. The van der Waals surface area contributed by atoms with Crippen LogP contribution in [0, 0.1) is 0 Å². The van der Waals surface area contributed by atoms with E-state index < -0.39 is 0 Å². The monoisotopic (exact) mass is 279 g/mol. The van der Waals surface area contributed by atoms with Gasteiger partial charge in [0.25, 0.3) is 5.91 Å². The van der Waals surface area contributed by atoms with E-state index in [9.17, 15) is 9.90 Å². The van der Waals surface area contributed by atoms with Gasteiger partial charge < -0.3 is 20.1 Å². The summed E-state index contributed by atoms with van der Waals surface area (Å²) in [7, 11) is 0. The number of carbonyl (C=O) groups is 1. The summed E-state index contributed by atoms with van der Waals surface area (Å²) in [5.74, 6) is 0.638. The van der Waals surface area contributed by atoms with Gasteiger partial charge in [0, 0.05) is 24.8 Å². The average molecular weight is 279 g/mol. The third-order valence-corrected chi connectivity index (χ3v) is 3.33. The van der Waals surface area contributed by atoms with E-state index in [-0.39, 0.29) is 24.7 Å². The van der Waals surface area contributed by atoms with E-state index in [2.05, 4.69) is 10.3 Å². The van der Waals surface area contributed by atoms with E-state index in [1.54, 1.807) is 23.2 Å². The molecule has 2 N–H and O–H groups in total. The SMILES string of the molecule is CCNc1cc(C(=O)N2CC(CO)OCC2C)ccn1. The van der Waals surface area contributed by atoms with E-state index in [1.165, 1.54) is 0 Å². The Balaban J connectivity index is 2.14. The molecule has 0 aromatic carbocycles. The number of hydrogen-bond acceptors (Lipinski definition) is 5. The highest BCUT2D eigenvalue weighted by Crippen LogP contribution is 2.16. The second-order valence-electron chi connectivity index (χ2n) is 4.90. The number of pyridine rings is 1. The first kappa shape index (κ1) is 14.7. The highest BCUT2D eigenvalue weighted by molar-refractivity contribution is 5.95. The molecule has 0 bridgehead atoms. The summed E-state index contributed by atoms with van der Waals surface area (Å²) < 4.78 is 5.45. The number of anilines is 1. The van der Waals surface area contributed by atoms with E-state index in [0.29, 0.717) is 24.5 Å². The van der Waals surface area contributed by atoms with Crippen molar-refractivity contribution in [2.75, 3.05) is 31.6 Å². The topological polar surface area (TPSA) is 74.7 Å². The fourth-order valence-electron chi connectivity index (χ4n) is 2.22. The van der Waals surface area contributed by atoms with Gasteiger partial charge in [-0.2, -0.15) is 0 Å². The van der Waals surface area contributed by atoms with Crippen molar-refractivity contribution in [3.63, 3.8) is 0 Å². The number of aliphatic hydroxyl groups is 1. The van der Waals surface area contributed by atoms with Gasteiger partial charge in [0.15, 0.2) is 0 Å². The molecule has 6 nitrogen and oxygen atoms in total. The molecule has 2 rings (SSSR count). The Hall–Kier alpha value is -1.66. The Morgan fingerprint density at radius 2 is 2.45 bits per heavy atom. The molecule has 1 aliphatic heterocycles. The summed E-state index contributed by atoms with van der Waals surface area (Å²) >= 11 is 0. The van der Waals surface area contributed by atoms with Gasteiger partial charge in [-0.3, -0.25) is 4.79 Å². The molecular weight excluding hydrogens is 258 g/mol. The molecule has 0 spiro atoms. The molecule has 1 aromatic rings. The number of hydrogen-bond donors (Lipinski definition) is 2. The zero-order valence-corrected chi connectivity index (χ0v) is 11.9. The molecule has 1 saturated heterocycles. The summed E-state index contributed by atoms with van der Waals surface area (Å²) in [4.78, 5) is 18.5. The summed E-state index contributed by atoms with van der Waals surface area (Å²) in [5.41, 5.74) is 0.599. The summed E-state index contributed by atoms with van der Waals surface area (Å²) in [6.07, 6.45) is 1.32. The fourth-order valence-corrected chi connectivity index (χ4v) is 2.22. The Kier molecular flexibility index (Phi) is 4.92. The number of nitrogens with zero attached hydrogens (tertiary/aromatic N) is 2. The van der Waals surface area contributed by atoms with Crippen molar-refractivity contribution in [2.24, 2.45) is 0 Å². The largest absolute Gasteiger partial charge is 0.394 e. The van der Waals surface area contributed by atoms with Gasteiger partial charge in [0.1, 0.15) is 5.82 Å². The Morgan fingerprint density at radius 3 is 3.15 bits per heavy atom. The maximum atomic E-state index is 12.6. The lowest BCUT2D eigenvalue weighted by molar-refractivity contribution is -0.0667. The third-order valence-electron chi connectivity index (χ3n) is 3.33. The lowest BCUT2D eigenvalue weighted by Crippen LogP contribution is -2.52. The molecule has 2 heterocycles. The first-order chi connectivity index (χ1) is 9.65. The second kappa shape index (κ2) is 6.67. The number of morpholine rings is 1. The zero-order valence-electron chi connectivity index (χ0n) is 11.9. The standard InChI is InChI=1S/C14H21N3O3/c1-3-15-13-6-11(4-5-16-13)14(19)17-7-12(8-18)20-9-10(17)2/h4-6,10,12,18H,3,7-9H2,1-2H3,(H,15,16). The van der Waals surface area contributed by atoms with Crippen molar-refractivity contribution in [3.05, 3.63) is 23.9 Å². The summed E-state index contributed by atoms with van der Waals surface area (Å²) in [5, 5.41) is 12.3. The van der Waals surface area contributed by atoms with Gasteiger partial charge in [-0.1, -0.05) is 0 Å². The number of ether oxygens (including phenoxy) is 1. The van der Waals surface area contributed by atoms with Gasteiger partial charge in [-0.05, 0) is 26.0 Å². The zero-order chi connectivity index (χ0) is 14.5. The maximum Gasteiger partial charge on any atom is 0.254 e. The van der Waals surface area contributed by atoms with E-state index in [1.807, 2.05) is 13.8 Å². The van der Waals surface area contributed by atoms with Gasteiger partial charge >= 0.3 is 0 Å². The highest BCUT2D eigenvalue weighted by atomic mass is 16.5. The lowest BCUT2D eigenvalue weighted by atomic mass is 10.1. The van der Waals surface area contributed by atoms with Crippen LogP contribution in [0.3, 0.4) is 0 Å². The smallest absolute Gasteiger partial charge is 0.254 e. The molecule has 20 heavy (non-hydrogen) atoms. The molecule has 0 saturated carbocycles. The predicted octanol–water partition coefficient (Wildman–Crippen LogP) is 0.735. The molecule has 2 unspecified atom stereocenters. The van der Waals surface area contributed by atoms with Crippen molar-refractivity contribution >= 4 is 11.7 Å².